The molecule has 0 amide bonds. The molecule has 0 spiro atoms. The van der Waals surface area contributed by atoms with Crippen molar-refractivity contribution >= 4 is 11.0 Å². The van der Waals surface area contributed by atoms with Gasteiger partial charge in [0.1, 0.15) is 11.3 Å². The summed E-state index contributed by atoms with van der Waals surface area (Å²) < 4.78 is 5.67. The standard InChI is InChI=1S/C12H16N2O/c1-9-11(8-13-14(2)3)10-6-4-5-7-12(10)15-9/h4-7,13H,8H2,1-3H3. The number of fused-ring (bicyclic) bond motifs is 1. The first-order valence-corrected chi connectivity index (χ1v) is 5.06. The number of aryl methyl sites for hydroxylation is 1. The van der Waals surface area contributed by atoms with Crippen LogP contribution in [0.15, 0.2) is 28.7 Å². The normalized spacial score (nSPS) is 11.5. The molecule has 0 radical (unpaired) electrons. The molecule has 2 rings (SSSR count). The summed E-state index contributed by atoms with van der Waals surface area (Å²) in [6.45, 7) is 2.81. The number of rotatable bonds is 3. The van der Waals surface area contributed by atoms with Crippen LogP contribution in [0.2, 0.25) is 0 Å². The second-order valence-electron chi connectivity index (χ2n) is 3.86. The topological polar surface area (TPSA) is 28.4 Å². The van der Waals surface area contributed by atoms with Crippen LogP contribution in [0, 0.1) is 6.92 Å². The molecule has 0 unspecified atom stereocenters. The van der Waals surface area contributed by atoms with Gasteiger partial charge >= 0.3 is 0 Å². The minimum atomic E-state index is 0.801. The van der Waals surface area contributed by atoms with Gasteiger partial charge in [-0.1, -0.05) is 18.2 Å². The lowest BCUT2D eigenvalue weighted by molar-refractivity contribution is 0.285. The number of hydrogen-bond acceptors (Lipinski definition) is 3. The molecule has 3 nitrogen and oxygen atoms in total. The summed E-state index contributed by atoms with van der Waals surface area (Å²) in [4.78, 5) is 0. The highest BCUT2D eigenvalue weighted by Gasteiger charge is 2.09. The number of benzene rings is 1. The van der Waals surface area contributed by atoms with Crippen LogP contribution in [0.3, 0.4) is 0 Å². The fourth-order valence-electron chi connectivity index (χ4n) is 1.68. The van der Waals surface area contributed by atoms with Crippen LogP contribution < -0.4 is 5.43 Å². The molecule has 1 N–H and O–H groups in total. The van der Waals surface area contributed by atoms with Crippen molar-refractivity contribution in [1.82, 2.24) is 10.4 Å². The summed E-state index contributed by atoms with van der Waals surface area (Å²) >= 11 is 0. The molecular formula is C12H16N2O. The minimum absolute atomic E-state index is 0.801. The van der Waals surface area contributed by atoms with Crippen LogP contribution in [-0.2, 0) is 6.54 Å². The molecule has 0 aliphatic carbocycles. The van der Waals surface area contributed by atoms with E-state index in [2.05, 4.69) is 11.5 Å². The maximum absolute atomic E-state index is 5.67. The van der Waals surface area contributed by atoms with E-state index < -0.39 is 0 Å². The van der Waals surface area contributed by atoms with Crippen LogP contribution in [0.1, 0.15) is 11.3 Å². The van der Waals surface area contributed by atoms with Gasteiger partial charge in [0.05, 0.1) is 0 Å². The second-order valence-corrected chi connectivity index (χ2v) is 3.86. The Bertz CT molecular complexity index is 460. The van der Waals surface area contributed by atoms with E-state index in [1.54, 1.807) is 0 Å². The molecule has 0 aliphatic heterocycles. The largest absolute Gasteiger partial charge is 0.461 e. The third kappa shape index (κ3) is 2.03. The Morgan fingerprint density at radius 2 is 2.00 bits per heavy atom. The van der Waals surface area contributed by atoms with Crippen molar-refractivity contribution in [2.45, 2.75) is 13.5 Å². The molecule has 1 heterocycles. The lowest BCUT2D eigenvalue weighted by atomic mass is 10.1. The van der Waals surface area contributed by atoms with Crippen molar-refractivity contribution in [2.24, 2.45) is 0 Å². The Balaban J connectivity index is 2.36. The van der Waals surface area contributed by atoms with Gasteiger partial charge in [0.25, 0.3) is 0 Å². The zero-order valence-corrected chi connectivity index (χ0v) is 9.37. The van der Waals surface area contributed by atoms with E-state index in [0.29, 0.717) is 0 Å². The molecule has 3 heteroatoms. The summed E-state index contributed by atoms with van der Waals surface area (Å²) in [5.74, 6) is 0.991. The Morgan fingerprint density at radius 3 is 2.73 bits per heavy atom. The Kier molecular flexibility index (Phi) is 2.75. The fraction of sp³-hybridized carbons (Fsp3) is 0.333. The molecule has 0 fully saturated rings. The molecule has 1 aromatic heterocycles. The number of hydrazine groups is 1. The van der Waals surface area contributed by atoms with Crippen molar-refractivity contribution in [1.29, 1.82) is 0 Å². The monoisotopic (exact) mass is 204 g/mol. The minimum Gasteiger partial charge on any atom is -0.461 e. The van der Waals surface area contributed by atoms with E-state index in [9.17, 15) is 0 Å². The van der Waals surface area contributed by atoms with Crippen LogP contribution in [0.5, 0.6) is 0 Å². The Labute approximate surface area is 89.6 Å². The fourth-order valence-corrected chi connectivity index (χ4v) is 1.68. The molecule has 0 saturated carbocycles. The average molecular weight is 204 g/mol. The van der Waals surface area contributed by atoms with E-state index in [4.69, 9.17) is 4.42 Å². The third-order valence-electron chi connectivity index (χ3n) is 2.47. The third-order valence-corrected chi connectivity index (χ3v) is 2.47. The van der Waals surface area contributed by atoms with Crippen molar-refractivity contribution in [3.63, 3.8) is 0 Å². The lowest BCUT2D eigenvalue weighted by Crippen LogP contribution is -2.29. The first-order chi connectivity index (χ1) is 7.18. The smallest absolute Gasteiger partial charge is 0.134 e. The highest BCUT2D eigenvalue weighted by atomic mass is 16.3. The molecular weight excluding hydrogens is 188 g/mol. The Morgan fingerprint density at radius 1 is 1.27 bits per heavy atom. The SMILES string of the molecule is Cc1oc2ccccc2c1CNN(C)C. The van der Waals surface area contributed by atoms with Crippen molar-refractivity contribution in [2.75, 3.05) is 14.1 Å². The Hall–Kier alpha value is -1.32. The van der Waals surface area contributed by atoms with Gasteiger partial charge in [0, 0.05) is 31.6 Å². The molecule has 0 saturated heterocycles. The quantitative estimate of drug-likeness (QED) is 0.778. The van der Waals surface area contributed by atoms with Gasteiger partial charge in [0.2, 0.25) is 0 Å². The molecule has 2 aromatic rings. The predicted molar refractivity (Wildman–Crippen MR) is 61.5 cm³/mol. The zero-order chi connectivity index (χ0) is 10.8. The number of furan rings is 1. The average Bonchev–Trinajstić information content (AvgIpc) is 2.50. The molecule has 0 bridgehead atoms. The maximum Gasteiger partial charge on any atom is 0.134 e. The van der Waals surface area contributed by atoms with Gasteiger partial charge in [-0.15, -0.1) is 0 Å². The van der Waals surface area contributed by atoms with E-state index >= 15 is 0 Å². The van der Waals surface area contributed by atoms with Gasteiger partial charge in [-0.05, 0) is 13.0 Å². The van der Waals surface area contributed by atoms with Gasteiger partial charge < -0.3 is 4.42 Å². The molecule has 0 aliphatic rings. The number of para-hydroxylation sites is 1. The van der Waals surface area contributed by atoms with Gasteiger partial charge in [-0.25, -0.2) is 0 Å². The van der Waals surface area contributed by atoms with E-state index in [0.717, 1.165) is 17.9 Å². The van der Waals surface area contributed by atoms with Crippen molar-refractivity contribution in [3.05, 3.63) is 35.6 Å². The van der Waals surface area contributed by atoms with Crippen LogP contribution in [0.4, 0.5) is 0 Å². The van der Waals surface area contributed by atoms with Gasteiger partial charge in [-0.2, -0.15) is 0 Å². The highest BCUT2D eigenvalue weighted by molar-refractivity contribution is 5.82. The second kappa shape index (κ2) is 4.04. The van der Waals surface area contributed by atoms with Crippen molar-refractivity contribution in [3.8, 4) is 0 Å². The first kappa shape index (κ1) is 10.2. The summed E-state index contributed by atoms with van der Waals surface area (Å²) in [5, 5.41) is 3.14. The number of nitrogens with one attached hydrogen (secondary N) is 1. The van der Waals surface area contributed by atoms with Crippen molar-refractivity contribution < 1.29 is 4.42 Å². The zero-order valence-electron chi connectivity index (χ0n) is 9.37. The van der Waals surface area contributed by atoms with E-state index in [1.165, 1.54) is 10.9 Å². The van der Waals surface area contributed by atoms with Gasteiger partial charge in [-0.3, -0.25) is 10.4 Å². The van der Waals surface area contributed by atoms with Crippen LogP contribution in [0.25, 0.3) is 11.0 Å². The first-order valence-electron chi connectivity index (χ1n) is 5.06. The molecule has 1 aromatic carbocycles. The summed E-state index contributed by atoms with van der Waals surface area (Å²) in [6, 6.07) is 8.13. The molecule has 80 valence electrons. The molecule has 15 heavy (non-hydrogen) atoms. The van der Waals surface area contributed by atoms with Gasteiger partial charge in [0.15, 0.2) is 0 Å². The van der Waals surface area contributed by atoms with E-state index in [-0.39, 0.29) is 0 Å². The number of nitrogens with zero attached hydrogens (tertiary/aromatic N) is 1. The van der Waals surface area contributed by atoms with Crippen LogP contribution >= 0.6 is 0 Å². The molecule has 0 atom stereocenters. The van der Waals surface area contributed by atoms with Crippen LogP contribution in [-0.4, -0.2) is 19.1 Å². The predicted octanol–water partition coefficient (Wildman–Crippen LogP) is 2.31. The number of hydrogen-bond donors (Lipinski definition) is 1. The maximum atomic E-state index is 5.67. The highest BCUT2D eigenvalue weighted by Crippen LogP contribution is 2.24. The lowest BCUT2D eigenvalue weighted by Gasteiger charge is -2.11. The summed E-state index contributed by atoms with van der Waals surface area (Å²) in [7, 11) is 3.97. The summed E-state index contributed by atoms with van der Waals surface area (Å²) in [6.07, 6.45) is 0. The van der Waals surface area contributed by atoms with E-state index in [1.807, 2.05) is 44.2 Å². The summed E-state index contributed by atoms with van der Waals surface area (Å²) in [5.41, 5.74) is 5.45.